The summed E-state index contributed by atoms with van der Waals surface area (Å²) in [4.78, 5) is 10.6. The van der Waals surface area contributed by atoms with Gasteiger partial charge in [-0.1, -0.05) is 28.9 Å². The summed E-state index contributed by atoms with van der Waals surface area (Å²) in [6.45, 7) is 4.31. The van der Waals surface area contributed by atoms with Gasteiger partial charge in [-0.2, -0.15) is 0 Å². The molecule has 0 radical (unpaired) electrons. The first kappa shape index (κ1) is 16.0. The van der Waals surface area contributed by atoms with Gasteiger partial charge in [0.2, 0.25) is 0 Å². The summed E-state index contributed by atoms with van der Waals surface area (Å²) < 4.78 is 6.14. The zero-order chi connectivity index (χ0) is 14.4. The van der Waals surface area contributed by atoms with Gasteiger partial charge in [0.25, 0.3) is 0 Å². The molecule has 0 amide bonds. The second-order valence-corrected chi connectivity index (χ2v) is 5.43. The zero-order valence-corrected chi connectivity index (χ0v) is 12.7. The minimum absolute atomic E-state index is 0.0612. The van der Waals surface area contributed by atoms with Gasteiger partial charge in [0, 0.05) is 10.9 Å². The van der Waals surface area contributed by atoms with Crippen LogP contribution in [0.15, 0.2) is 22.7 Å². The van der Waals surface area contributed by atoms with Crippen LogP contribution in [-0.4, -0.2) is 22.8 Å². The van der Waals surface area contributed by atoms with Gasteiger partial charge in [0.15, 0.2) is 0 Å². The molecule has 0 saturated heterocycles. The molecule has 0 aliphatic rings. The van der Waals surface area contributed by atoms with Crippen molar-refractivity contribution in [1.82, 2.24) is 0 Å². The van der Waals surface area contributed by atoms with E-state index in [1.54, 1.807) is 12.1 Å². The molecule has 0 aliphatic carbocycles. The fourth-order valence-electron chi connectivity index (χ4n) is 1.92. The van der Waals surface area contributed by atoms with Gasteiger partial charge >= 0.3 is 5.97 Å². The van der Waals surface area contributed by atoms with E-state index in [0.29, 0.717) is 13.0 Å². The smallest absolute Gasteiger partial charge is 0.303 e. The number of halogens is 1. The first-order valence-electron chi connectivity index (χ1n) is 6.26. The molecule has 1 aromatic rings. The molecule has 1 aromatic carbocycles. The van der Waals surface area contributed by atoms with Crippen LogP contribution in [0.3, 0.4) is 0 Å². The number of aliphatic hydroxyl groups is 1. The Morgan fingerprint density at radius 2 is 2.16 bits per heavy atom. The van der Waals surface area contributed by atoms with Gasteiger partial charge in [-0.3, -0.25) is 4.79 Å². The number of aliphatic carboxylic acids is 1. The lowest BCUT2D eigenvalue weighted by atomic mass is 9.96. The highest BCUT2D eigenvalue weighted by atomic mass is 79.9. The number of aliphatic hydroxyl groups excluding tert-OH is 1. The molecule has 2 N–H and O–H groups in total. The van der Waals surface area contributed by atoms with Crippen LogP contribution < -0.4 is 4.74 Å². The van der Waals surface area contributed by atoms with Crippen molar-refractivity contribution in [3.63, 3.8) is 0 Å². The molecule has 4 nitrogen and oxygen atoms in total. The Hall–Kier alpha value is -1.07. The van der Waals surface area contributed by atoms with E-state index in [9.17, 15) is 9.90 Å². The molecule has 0 heterocycles. The second kappa shape index (κ2) is 7.50. The molecule has 0 saturated carbocycles. The molecule has 1 rings (SSSR count). The quantitative estimate of drug-likeness (QED) is 0.804. The van der Waals surface area contributed by atoms with Gasteiger partial charge in [-0.05, 0) is 37.0 Å². The molecule has 5 heteroatoms. The van der Waals surface area contributed by atoms with Crippen molar-refractivity contribution in [1.29, 1.82) is 0 Å². The number of rotatable bonds is 7. The normalized spacial score (nSPS) is 13.9. The van der Waals surface area contributed by atoms with Crippen molar-refractivity contribution in [3.8, 4) is 5.75 Å². The predicted molar refractivity (Wildman–Crippen MR) is 76.3 cm³/mol. The summed E-state index contributed by atoms with van der Waals surface area (Å²) in [6.07, 6.45) is -0.204. The van der Waals surface area contributed by atoms with Crippen LogP contribution in [0.5, 0.6) is 5.75 Å². The van der Waals surface area contributed by atoms with Crippen molar-refractivity contribution >= 4 is 21.9 Å². The summed E-state index contributed by atoms with van der Waals surface area (Å²) in [6, 6.07) is 5.41. The van der Waals surface area contributed by atoms with E-state index in [1.165, 1.54) is 0 Å². The summed E-state index contributed by atoms with van der Waals surface area (Å²) in [5.41, 5.74) is 0.751. The highest BCUT2D eigenvalue weighted by molar-refractivity contribution is 9.10. The molecular formula is C14H19BrO4. The number of benzene rings is 1. The van der Waals surface area contributed by atoms with E-state index in [4.69, 9.17) is 9.84 Å². The van der Waals surface area contributed by atoms with E-state index < -0.39 is 12.1 Å². The molecule has 19 heavy (non-hydrogen) atoms. The van der Waals surface area contributed by atoms with Gasteiger partial charge < -0.3 is 14.9 Å². The van der Waals surface area contributed by atoms with Crippen molar-refractivity contribution in [3.05, 3.63) is 28.2 Å². The summed E-state index contributed by atoms with van der Waals surface area (Å²) >= 11 is 3.40. The Balaban J connectivity index is 2.71. The minimum Gasteiger partial charge on any atom is -0.494 e. The lowest BCUT2D eigenvalue weighted by molar-refractivity contribution is -0.138. The van der Waals surface area contributed by atoms with Gasteiger partial charge in [0.05, 0.1) is 12.7 Å². The van der Waals surface area contributed by atoms with Crippen molar-refractivity contribution in [2.75, 3.05) is 6.61 Å². The van der Waals surface area contributed by atoms with E-state index in [2.05, 4.69) is 15.9 Å². The lowest BCUT2D eigenvalue weighted by Crippen LogP contribution is -2.09. The Kier molecular flexibility index (Phi) is 6.31. The third kappa shape index (κ3) is 5.20. The highest BCUT2D eigenvalue weighted by Crippen LogP contribution is 2.31. The van der Waals surface area contributed by atoms with Crippen molar-refractivity contribution in [2.24, 2.45) is 5.92 Å². The third-order valence-corrected chi connectivity index (χ3v) is 3.48. The van der Waals surface area contributed by atoms with Crippen LogP contribution in [0.1, 0.15) is 38.4 Å². The number of hydrogen-bond donors (Lipinski definition) is 2. The fraction of sp³-hybridized carbons (Fsp3) is 0.500. The monoisotopic (exact) mass is 330 g/mol. The van der Waals surface area contributed by atoms with Crippen LogP contribution in [0, 0.1) is 5.92 Å². The van der Waals surface area contributed by atoms with E-state index in [-0.39, 0.29) is 12.3 Å². The maximum absolute atomic E-state index is 10.6. The first-order chi connectivity index (χ1) is 8.93. The Bertz CT molecular complexity index is 433. The highest BCUT2D eigenvalue weighted by Gasteiger charge is 2.17. The lowest BCUT2D eigenvalue weighted by Gasteiger charge is -2.17. The average Bonchev–Trinajstić information content (AvgIpc) is 2.27. The second-order valence-electron chi connectivity index (χ2n) is 4.57. The number of hydrogen-bond acceptors (Lipinski definition) is 3. The predicted octanol–water partition coefficient (Wildman–Crippen LogP) is 3.38. The third-order valence-electron chi connectivity index (χ3n) is 2.79. The van der Waals surface area contributed by atoms with Crippen LogP contribution in [0.25, 0.3) is 0 Å². The van der Waals surface area contributed by atoms with E-state index in [0.717, 1.165) is 15.8 Å². The first-order valence-corrected chi connectivity index (χ1v) is 7.05. The fourth-order valence-corrected chi connectivity index (χ4v) is 2.55. The van der Waals surface area contributed by atoms with Crippen molar-refractivity contribution < 1.29 is 19.7 Å². The number of carboxylic acid groups (broad SMARTS) is 1. The van der Waals surface area contributed by atoms with Crippen molar-refractivity contribution in [2.45, 2.75) is 32.8 Å². The SMILES string of the molecule is CCOc1ccc(C(O)CC(C)CC(=O)O)c(Br)c1. The summed E-state index contributed by atoms with van der Waals surface area (Å²) in [5, 5.41) is 18.9. The molecule has 2 unspecified atom stereocenters. The standard InChI is InChI=1S/C14H19BrO4/c1-3-19-10-4-5-11(12(15)8-10)13(16)6-9(2)7-14(17)18/h4-5,8-9,13,16H,3,6-7H2,1-2H3,(H,17,18). The Morgan fingerprint density at radius 1 is 1.47 bits per heavy atom. The molecular weight excluding hydrogens is 312 g/mol. The van der Waals surface area contributed by atoms with Gasteiger partial charge in [0.1, 0.15) is 5.75 Å². The molecule has 0 fully saturated rings. The average molecular weight is 331 g/mol. The molecule has 0 aliphatic heterocycles. The topological polar surface area (TPSA) is 66.8 Å². The number of carboxylic acids is 1. The van der Waals surface area contributed by atoms with Gasteiger partial charge in [-0.25, -0.2) is 0 Å². The summed E-state index contributed by atoms with van der Waals surface area (Å²) in [7, 11) is 0. The maximum Gasteiger partial charge on any atom is 0.303 e. The molecule has 106 valence electrons. The van der Waals surface area contributed by atoms with Crippen LogP contribution >= 0.6 is 15.9 Å². The van der Waals surface area contributed by atoms with E-state index >= 15 is 0 Å². The number of carbonyl (C=O) groups is 1. The maximum atomic E-state index is 10.6. The number of ether oxygens (including phenoxy) is 1. The minimum atomic E-state index is -0.842. The molecule has 0 aromatic heterocycles. The van der Waals surface area contributed by atoms with Gasteiger partial charge in [-0.15, -0.1) is 0 Å². The zero-order valence-electron chi connectivity index (χ0n) is 11.1. The Labute approximate surface area is 121 Å². The molecule has 2 atom stereocenters. The molecule has 0 bridgehead atoms. The molecule has 0 spiro atoms. The van der Waals surface area contributed by atoms with Crippen LogP contribution in [0.4, 0.5) is 0 Å². The van der Waals surface area contributed by atoms with E-state index in [1.807, 2.05) is 19.9 Å². The largest absolute Gasteiger partial charge is 0.494 e. The van der Waals surface area contributed by atoms with Crippen LogP contribution in [0.2, 0.25) is 0 Å². The van der Waals surface area contributed by atoms with Crippen LogP contribution in [-0.2, 0) is 4.79 Å². The summed E-state index contributed by atoms with van der Waals surface area (Å²) in [5.74, 6) is -0.180. The Morgan fingerprint density at radius 3 is 2.68 bits per heavy atom.